The fourth-order valence-electron chi connectivity index (χ4n) is 1.72. The number of hydrogen-bond acceptors (Lipinski definition) is 3. The zero-order chi connectivity index (χ0) is 14.4. The number of halogens is 2. The summed E-state index contributed by atoms with van der Waals surface area (Å²) in [5.74, 6) is 0.137. The summed E-state index contributed by atoms with van der Waals surface area (Å²) >= 11 is 0. The maximum absolute atomic E-state index is 12.0. The maximum Gasteiger partial charge on any atom is 0.387 e. The van der Waals surface area contributed by atoms with Crippen LogP contribution < -0.4 is 10.1 Å². The van der Waals surface area contributed by atoms with E-state index >= 15 is 0 Å². The van der Waals surface area contributed by atoms with Crippen LogP contribution in [-0.2, 0) is 13.2 Å². The molecule has 20 heavy (non-hydrogen) atoms. The van der Waals surface area contributed by atoms with Gasteiger partial charge in [0.05, 0.1) is 6.61 Å². The first-order chi connectivity index (χ1) is 9.67. The summed E-state index contributed by atoms with van der Waals surface area (Å²) in [6.07, 6.45) is 0. The van der Waals surface area contributed by atoms with Gasteiger partial charge in [-0.1, -0.05) is 24.3 Å². The van der Waals surface area contributed by atoms with Crippen LogP contribution in [0.5, 0.6) is 5.75 Å². The normalized spacial score (nSPS) is 10.6. The molecule has 2 aromatic carbocycles. The molecule has 106 valence electrons. The summed E-state index contributed by atoms with van der Waals surface area (Å²) in [5, 5.41) is 12.1. The van der Waals surface area contributed by atoms with Crippen molar-refractivity contribution in [2.75, 3.05) is 5.32 Å². The number of nitrogens with one attached hydrogen (secondary N) is 1. The van der Waals surface area contributed by atoms with Crippen molar-refractivity contribution in [3.05, 3.63) is 59.7 Å². The summed E-state index contributed by atoms with van der Waals surface area (Å²) in [6.45, 7) is -2.17. The molecule has 0 unspecified atom stereocenters. The average molecular weight is 279 g/mol. The Morgan fingerprint density at radius 3 is 2.10 bits per heavy atom. The first kappa shape index (κ1) is 14.3. The molecule has 0 aromatic heterocycles. The summed E-state index contributed by atoms with van der Waals surface area (Å²) in [5.41, 5.74) is 2.75. The molecule has 0 amide bonds. The largest absolute Gasteiger partial charge is 0.435 e. The molecule has 0 aliphatic carbocycles. The zero-order valence-electron chi connectivity index (χ0n) is 10.7. The predicted molar refractivity (Wildman–Crippen MR) is 72.8 cm³/mol. The Labute approximate surface area is 115 Å². The van der Waals surface area contributed by atoms with Gasteiger partial charge in [0, 0.05) is 12.2 Å². The lowest BCUT2D eigenvalue weighted by atomic mass is 10.1. The van der Waals surface area contributed by atoms with Crippen LogP contribution in [0.3, 0.4) is 0 Å². The van der Waals surface area contributed by atoms with Crippen molar-refractivity contribution in [1.29, 1.82) is 0 Å². The van der Waals surface area contributed by atoms with Crippen LogP contribution >= 0.6 is 0 Å². The second kappa shape index (κ2) is 6.86. The average Bonchev–Trinajstić information content (AvgIpc) is 2.46. The van der Waals surface area contributed by atoms with Gasteiger partial charge < -0.3 is 15.2 Å². The van der Waals surface area contributed by atoms with Crippen molar-refractivity contribution in [2.45, 2.75) is 19.8 Å². The number of aliphatic hydroxyl groups is 1. The van der Waals surface area contributed by atoms with E-state index in [0.717, 1.165) is 16.8 Å². The lowest BCUT2D eigenvalue weighted by molar-refractivity contribution is -0.0498. The molecule has 2 rings (SSSR count). The van der Waals surface area contributed by atoms with Gasteiger partial charge in [0.1, 0.15) is 5.75 Å². The molecule has 0 radical (unpaired) electrons. The third-order valence-corrected chi connectivity index (χ3v) is 2.78. The van der Waals surface area contributed by atoms with Gasteiger partial charge in [0.15, 0.2) is 0 Å². The molecule has 0 fully saturated rings. The number of anilines is 1. The van der Waals surface area contributed by atoms with Crippen LogP contribution in [-0.4, -0.2) is 11.7 Å². The van der Waals surface area contributed by atoms with E-state index in [1.54, 1.807) is 12.1 Å². The van der Waals surface area contributed by atoms with Crippen molar-refractivity contribution in [3.8, 4) is 5.75 Å². The standard InChI is InChI=1S/C15H15F2NO2/c16-15(17)20-14-7-5-13(6-8-14)18-9-11-1-3-12(10-19)4-2-11/h1-8,15,18-19H,9-10H2. The van der Waals surface area contributed by atoms with Crippen LogP contribution in [0.4, 0.5) is 14.5 Å². The minimum atomic E-state index is -2.81. The molecule has 2 N–H and O–H groups in total. The summed E-state index contributed by atoms with van der Waals surface area (Å²) in [4.78, 5) is 0. The second-order valence-electron chi connectivity index (χ2n) is 4.23. The van der Waals surface area contributed by atoms with Gasteiger partial charge in [-0.15, -0.1) is 0 Å². The molecule has 5 heteroatoms. The molecule has 0 atom stereocenters. The highest BCUT2D eigenvalue weighted by Gasteiger charge is 2.03. The molecule has 0 spiro atoms. The van der Waals surface area contributed by atoms with E-state index in [9.17, 15) is 8.78 Å². The van der Waals surface area contributed by atoms with Crippen LogP contribution in [0.25, 0.3) is 0 Å². The molecule has 2 aromatic rings. The highest BCUT2D eigenvalue weighted by molar-refractivity contribution is 5.46. The Hall–Kier alpha value is -2.14. The third-order valence-electron chi connectivity index (χ3n) is 2.78. The van der Waals surface area contributed by atoms with E-state index in [4.69, 9.17) is 5.11 Å². The highest BCUT2D eigenvalue weighted by Crippen LogP contribution is 2.18. The molecule has 3 nitrogen and oxygen atoms in total. The maximum atomic E-state index is 12.0. The van der Waals surface area contributed by atoms with E-state index in [2.05, 4.69) is 10.1 Å². The van der Waals surface area contributed by atoms with Crippen molar-refractivity contribution in [1.82, 2.24) is 0 Å². The third kappa shape index (κ3) is 4.20. The topological polar surface area (TPSA) is 41.5 Å². The number of hydrogen-bond donors (Lipinski definition) is 2. The van der Waals surface area contributed by atoms with E-state index in [1.807, 2.05) is 24.3 Å². The van der Waals surface area contributed by atoms with Crippen molar-refractivity contribution in [2.24, 2.45) is 0 Å². The first-order valence-electron chi connectivity index (χ1n) is 6.15. The number of ether oxygens (including phenoxy) is 1. The zero-order valence-corrected chi connectivity index (χ0v) is 10.7. The summed E-state index contributed by atoms with van der Waals surface area (Å²) in [7, 11) is 0. The number of alkyl halides is 2. The molecular weight excluding hydrogens is 264 g/mol. The number of benzene rings is 2. The Kier molecular flexibility index (Phi) is 4.90. The van der Waals surface area contributed by atoms with Crippen LogP contribution in [0.1, 0.15) is 11.1 Å². The van der Waals surface area contributed by atoms with Crippen molar-refractivity contribution >= 4 is 5.69 Å². The number of aliphatic hydroxyl groups excluding tert-OH is 1. The molecule has 0 aliphatic rings. The molecule has 0 saturated carbocycles. The van der Waals surface area contributed by atoms with Crippen LogP contribution in [0.2, 0.25) is 0 Å². The van der Waals surface area contributed by atoms with Gasteiger partial charge in [0.25, 0.3) is 0 Å². The Bertz CT molecular complexity index is 527. The predicted octanol–water partition coefficient (Wildman–Crippen LogP) is 3.39. The SMILES string of the molecule is OCc1ccc(CNc2ccc(OC(F)F)cc2)cc1. The second-order valence-corrected chi connectivity index (χ2v) is 4.23. The fourth-order valence-corrected chi connectivity index (χ4v) is 1.72. The fraction of sp³-hybridized carbons (Fsp3) is 0.200. The van der Waals surface area contributed by atoms with E-state index in [0.29, 0.717) is 6.54 Å². The smallest absolute Gasteiger partial charge is 0.387 e. The van der Waals surface area contributed by atoms with Gasteiger partial charge in [-0.3, -0.25) is 0 Å². The Balaban J connectivity index is 1.89. The molecule has 0 aliphatic heterocycles. The summed E-state index contributed by atoms with van der Waals surface area (Å²) < 4.78 is 28.3. The van der Waals surface area contributed by atoms with Crippen LogP contribution in [0, 0.1) is 0 Å². The minimum Gasteiger partial charge on any atom is -0.435 e. The lowest BCUT2D eigenvalue weighted by Crippen LogP contribution is -2.02. The van der Waals surface area contributed by atoms with Gasteiger partial charge >= 0.3 is 6.61 Å². The highest BCUT2D eigenvalue weighted by atomic mass is 19.3. The molecule has 0 bridgehead atoms. The van der Waals surface area contributed by atoms with E-state index in [1.165, 1.54) is 12.1 Å². The van der Waals surface area contributed by atoms with E-state index < -0.39 is 6.61 Å². The van der Waals surface area contributed by atoms with Crippen molar-refractivity contribution < 1.29 is 18.6 Å². The first-order valence-corrected chi connectivity index (χ1v) is 6.15. The van der Waals surface area contributed by atoms with Gasteiger partial charge in [-0.05, 0) is 35.4 Å². The number of rotatable bonds is 6. The lowest BCUT2D eigenvalue weighted by Gasteiger charge is -2.09. The van der Waals surface area contributed by atoms with Gasteiger partial charge in [-0.2, -0.15) is 8.78 Å². The Morgan fingerprint density at radius 1 is 0.950 bits per heavy atom. The van der Waals surface area contributed by atoms with E-state index in [-0.39, 0.29) is 12.4 Å². The molecular formula is C15H15F2NO2. The summed E-state index contributed by atoms with van der Waals surface area (Å²) in [6, 6.07) is 13.9. The van der Waals surface area contributed by atoms with Crippen LogP contribution in [0.15, 0.2) is 48.5 Å². The Morgan fingerprint density at radius 2 is 1.55 bits per heavy atom. The van der Waals surface area contributed by atoms with Gasteiger partial charge in [0.2, 0.25) is 0 Å². The van der Waals surface area contributed by atoms with Gasteiger partial charge in [-0.25, -0.2) is 0 Å². The monoisotopic (exact) mass is 279 g/mol. The quantitative estimate of drug-likeness (QED) is 0.851. The molecule has 0 heterocycles. The minimum absolute atomic E-state index is 0.0271. The molecule has 0 saturated heterocycles. The van der Waals surface area contributed by atoms with Crippen molar-refractivity contribution in [3.63, 3.8) is 0 Å².